The average Bonchev–Trinajstić information content (AvgIpc) is 2.92. The van der Waals surface area contributed by atoms with E-state index in [1.807, 2.05) is 12.1 Å². The molecule has 0 radical (unpaired) electrons. The smallest absolute Gasteiger partial charge is 0.259 e. The van der Waals surface area contributed by atoms with Gasteiger partial charge in [-0.15, -0.1) is 0 Å². The number of rotatable bonds is 6. The molecule has 188 valence electrons. The maximum absolute atomic E-state index is 12.6. The Kier molecular flexibility index (Phi) is 7.50. The Labute approximate surface area is 219 Å². The van der Waals surface area contributed by atoms with Gasteiger partial charge >= 0.3 is 0 Å². The largest absolute Gasteiger partial charge is 0.507 e. The molecule has 0 saturated carbocycles. The van der Waals surface area contributed by atoms with Crippen molar-refractivity contribution in [1.82, 2.24) is 15.0 Å². The van der Waals surface area contributed by atoms with Gasteiger partial charge in [-0.2, -0.15) is 15.0 Å². The van der Waals surface area contributed by atoms with Crippen LogP contribution in [0.4, 0.5) is 29.2 Å². The van der Waals surface area contributed by atoms with Crippen molar-refractivity contribution >= 4 is 51.1 Å². The fourth-order valence-electron chi connectivity index (χ4n) is 4.53. The molecule has 9 nitrogen and oxygen atoms in total. The van der Waals surface area contributed by atoms with E-state index in [1.54, 1.807) is 24.3 Å². The van der Waals surface area contributed by atoms with E-state index in [0.29, 0.717) is 11.6 Å². The number of anilines is 5. The highest BCUT2D eigenvalue weighted by Crippen LogP contribution is 2.26. The molecule has 0 aliphatic carbocycles. The summed E-state index contributed by atoms with van der Waals surface area (Å²) >= 11 is 3.33. The number of benzene rings is 2. The summed E-state index contributed by atoms with van der Waals surface area (Å²) < 4.78 is 0.718. The molecule has 5 rings (SSSR count). The molecule has 2 aliphatic rings. The normalized spacial score (nSPS) is 16.0. The van der Waals surface area contributed by atoms with Crippen LogP contribution < -0.4 is 20.4 Å². The summed E-state index contributed by atoms with van der Waals surface area (Å²) in [7, 11) is 0. The monoisotopic (exact) mass is 551 g/mol. The van der Waals surface area contributed by atoms with Crippen LogP contribution in [-0.4, -0.2) is 52.1 Å². The summed E-state index contributed by atoms with van der Waals surface area (Å²) in [6.45, 7) is 3.85. The highest BCUT2D eigenvalue weighted by atomic mass is 79.9. The third-order valence-corrected chi connectivity index (χ3v) is 6.99. The number of aromatic hydroxyl groups is 1. The van der Waals surface area contributed by atoms with Crippen molar-refractivity contribution in [2.24, 2.45) is 0 Å². The van der Waals surface area contributed by atoms with E-state index in [1.165, 1.54) is 18.9 Å². The Morgan fingerprint density at radius 2 is 1.33 bits per heavy atom. The number of amides is 1. The highest BCUT2D eigenvalue weighted by molar-refractivity contribution is 9.10. The highest BCUT2D eigenvalue weighted by Gasteiger charge is 2.20. The first-order valence-electron chi connectivity index (χ1n) is 12.5. The number of nitrogens with zero attached hydrogens (tertiary/aromatic N) is 5. The third-order valence-electron chi connectivity index (χ3n) is 6.49. The van der Waals surface area contributed by atoms with E-state index in [0.717, 1.165) is 73.9 Å². The topological polar surface area (TPSA) is 107 Å². The molecule has 3 aromatic rings. The molecular weight excluding hydrogens is 522 g/mol. The van der Waals surface area contributed by atoms with Crippen LogP contribution in [0.25, 0.3) is 0 Å². The van der Waals surface area contributed by atoms with Gasteiger partial charge in [-0.3, -0.25) is 4.79 Å². The number of hydrogen-bond donors (Lipinski definition) is 3. The van der Waals surface area contributed by atoms with E-state index in [2.05, 4.69) is 36.4 Å². The first-order chi connectivity index (χ1) is 17.5. The number of piperidine rings is 2. The number of halogens is 1. The molecule has 1 aromatic heterocycles. The van der Waals surface area contributed by atoms with E-state index < -0.39 is 0 Å². The van der Waals surface area contributed by atoms with Crippen LogP contribution in [0.3, 0.4) is 0 Å². The van der Waals surface area contributed by atoms with Crippen LogP contribution in [0.5, 0.6) is 5.75 Å². The van der Waals surface area contributed by atoms with Crippen LogP contribution in [0.2, 0.25) is 0 Å². The first kappa shape index (κ1) is 24.3. The number of phenolic OH excluding ortho intramolecular Hbond substituents is 1. The zero-order valence-corrected chi connectivity index (χ0v) is 21.7. The lowest BCUT2D eigenvalue weighted by Crippen LogP contribution is -2.34. The number of carbonyl (C=O) groups excluding carboxylic acids is 1. The number of aromatic nitrogens is 3. The van der Waals surface area contributed by atoms with Gasteiger partial charge in [-0.25, -0.2) is 0 Å². The lowest BCUT2D eigenvalue weighted by molar-refractivity contribution is 0.102. The summed E-state index contributed by atoms with van der Waals surface area (Å²) in [6, 6.07) is 12.1. The van der Waals surface area contributed by atoms with Crippen molar-refractivity contribution in [3.63, 3.8) is 0 Å². The Morgan fingerprint density at radius 3 is 1.92 bits per heavy atom. The zero-order valence-electron chi connectivity index (χ0n) is 20.1. The van der Waals surface area contributed by atoms with Gasteiger partial charge in [-0.05, 0) is 81.0 Å². The molecular formula is C26H30BrN7O2. The van der Waals surface area contributed by atoms with Crippen LogP contribution in [0, 0.1) is 0 Å². The molecule has 1 amide bonds. The van der Waals surface area contributed by atoms with Gasteiger partial charge in [0, 0.05) is 42.0 Å². The van der Waals surface area contributed by atoms with Crippen molar-refractivity contribution in [2.75, 3.05) is 46.6 Å². The fraction of sp³-hybridized carbons (Fsp3) is 0.385. The Morgan fingerprint density at radius 1 is 0.778 bits per heavy atom. The van der Waals surface area contributed by atoms with E-state index in [9.17, 15) is 9.90 Å². The Balaban J connectivity index is 1.32. The first-order valence-corrected chi connectivity index (χ1v) is 13.3. The van der Waals surface area contributed by atoms with Crippen molar-refractivity contribution < 1.29 is 9.90 Å². The minimum atomic E-state index is -0.385. The molecule has 0 bridgehead atoms. The molecule has 3 heterocycles. The number of phenols is 1. The van der Waals surface area contributed by atoms with Crippen LogP contribution in [0.15, 0.2) is 46.9 Å². The Hall–Kier alpha value is -3.40. The molecule has 0 spiro atoms. The summed E-state index contributed by atoms with van der Waals surface area (Å²) in [5, 5.41) is 16.1. The lowest BCUT2D eigenvalue weighted by Gasteiger charge is -2.30. The number of carbonyl (C=O) groups is 1. The van der Waals surface area contributed by atoms with Crippen molar-refractivity contribution in [2.45, 2.75) is 38.5 Å². The van der Waals surface area contributed by atoms with Gasteiger partial charge < -0.3 is 25.5 Å². The second kappa shape index (κ2) is 11.1. The van der Waals surface area contributed by atoms with Crippen LogP contribution in [0.1, 0.15) is 48.9 Å². The molecule has 2 aliphatic heterocycles. The second-order valence-corrected chi connectivity index (χ2v) is 10.1. The SMILES string of the molecule is O=C(Nc1ccc(Nc2nc(N3CCCCC3)nc(N3CCCCC3)n2)cc1)c1cc(Br)ccc1O. The molecule has 2 fully saturated rings. The fourth-order valence-corrected chi connectivity index (χ4v) is 4.90. The van der Waals surface area contributed by atoms with Gasteiger partial charge in [0.15, 0.2) is 0 Å². The predicted molar refractivity (Wildman–Crippen MR) is 145 cm³/mol. The minimum Gasteiger partial charge on any atom is -0.507 e. The molecule has 0 atom stereocenters. The quantitative estimate of drug-likeness (QED) is 0.378. The maximum Gasteiger partial charge on any atom is 0.259 e. The molecule has 2 saturated heterocycles. The van der Waals surface area contributed by atoms with Crippen molar-refractivity contribution in [3.05, 3.63) is 52.5 Å². The van der Waals surface area contributed by atoms with Gasteiger partial charge in [0.05, 0.1) is 5.56 Å². The average molecular weight is 552 g/mol. The van der Waals surface area contributed by atoms with E-state index >= 15 is 0 Å². The summed E-state index contributed by atoms with van der Waals surface area (Å²) in [5.41, 5.74) is 1.62. The molecule has 0 unspecified atom stereocenters. The summed E-state index contributed by atoms with van der Waals surface area (Å²) in [6.07, 6.45) is 7.10. The summed E-state index contributed by atoms with van der Waals surface area (Å²) in [4.78, 5) is 31.4. The van der Waals surface area contributed by atoms with Gasteiger partial charge in [0.2, 0.25) is 17.8 Å². The zero-order chi connectivity index (χ0) is 24.9. The van der Waals surface area contributed by atoms with Crippen LogP contribution in [-0.2, 0) is 0 Å². The molecule has 36 heavy (non-hydrogen) atoms. The second-order valence-electron chi connectivity index (χ2n) is 9.17. The van der Waals surface area contributed by atoms with E-state index in [4.69, 9.17) is 15.0 Å². The minimum absolute atomic E-state index is 0.0714. The number of nitrogens with one attached hydrogen (secondary N) is 2. The van der Waals surface area contributed by atoms with Crippen molar-refractivity contribution in [3.8, 4) is 5.75 Å². The van der Waals surface area contributed by atoms with Gasteiger partial charge in [0.1, 0.15) is 5.75 Å². The molecule has 2 aromatic carbocycles. The standard InChI is InChI=1S/C26H30BrN7O2/c27-18-7-12-22(35)21(17-18)23(36)28-19-8-10-20(11-9-19)29-24-30-25(33-13-3-1-4-14-33)32-26(31-24)34-15-5-2-6-16-34/h7-12,17,35H,1-6,13-16H2,(H,28,36)(H,29,30,31,32). The summed E-state index contributed by atoms with van der Waals surface area (Å²) in [5.74, 6) is 1.51. The lowest BCUT2D eigenvalue weighted by atomic mass is 10.1. The van der Waals surface area contributed by atoms with Gasteiger partial charge in [-0.1, -0.05) is 15.9 Å². The molecule has 3 N–H and O–H groups in total. The van der Waals surface area contributed by atoms with Crippen molar-refractivity contribution in [1.29, 1.82) is 0 Å². The van der Waals surface area contributed by atoms with E-state index in [-0.39, 0.29) is 17.2 Å². The Bertz CT molecular complexity index is 1170. The van der Waals surface area contributed by atoms with Crippen LogP contribution >= 0.6 is 15.9 Å². The predicted octanol–water partition coefficient (Wildman–Crippen LogP) is 5.32. The maximum atomic E-state index is 12.6. The van der Waals surface area contributed by atoms with Gasteiger partial charge in [0.25, 0.3) is 5.91 Å². The third kappa shape index (κ3) is 5.87. The number of hydrogen-bond acceptors (Lipinski definition) is 8. The molecule has 10 heteroatoms.